The van der Waals surface area contributed by atoms with E-state index < -0.39 is 11.9 Å². The fraction of sp³-hybridized carbons (Fsp3) is 0.211. The number of benzene rings is 1. The van der Waals surface area contributed by atoms with E-state index in [0.717, 1.165) is 6.42 Å². The third-order valence-electron chi connectivity index (χ3n) is 3.13. The van der Waals surface area contributed by atoms with Gasteiger partial charge in [0, 0.05) is 12.4 Å². The average molecular weight is 325 g/mol. The Morgan fingerprint density at radius 1 is 1.08 bits per heavy atom. The number of hydrogen-bond acceptors (Lipinski definition) is 5. The second kappa shape index (κ2) is 9.25. The van der Waals surface area contributed by atoms with Crippen LogP contribution in [0.25, 0.3) is 0 Å². The Balaban J connectivity index is 2.03. The average Bonchev–Trinajstić information content (AvgIpc) is 2.62. The van der Waals surface area contributed by atoms with Crippen molar-refractivity contribution in [1.29, 1.82) is 0 Å². The molecule has 0 atom stereocenters. The minimum Gasteiger partial charge on any atom is -0.462 e. The Morgan fingerprint density at radius 3 is 2.67 bits per heavy atom. The van der Waals surface area contributed by atoms with Gasteiger partial charge in [0.2, 0.25) is 0 Å². The second-order valence-electron chi connectivity index (χ2n) is 4.93. The van der Waals surface area contributed by atoms with Crippen LogP contribution in [0.5, 0.6) is 5.75 Å². The smallest absolute Gasteiger partial charge is 0.345 e. The number of nitrogens with zero attached hydrogens (tertiary/aromatic N) is 1. The Morgan fingerprint density at radius 2 is 1.92 bits per heavy atom. The molecule has 0 saturated carbocycles. The maximum atomic E-state index is 12.2. The lowest BCUT2D eigenvalue weighted by Crippen LogP contribution is -2.13. The fourth-order valence-corrected chi connectivity index (χ4v) is 1.95. The van der Waals surface area contributed by atoms with Crippen molar-refractivity contribution < 1.29 is 19.1 Å². The molecule has 0 bridgehead atoms. The van der Waals surface area contributed by atoms with E-state index in [-0.39, 0.29) is 17.9 Å². The van der Waals surface area contributed by atoms with Gasteiger partial charge >= 0.3 is 11.9 Å². The van der Waals surface area contributed by atoms with Crippen LogP contribution >= 0.6 is 0 Å². The van der Waals surface area contributed by atoms with E-state index in [1.54, 1.807) is 42.6 Å². The monoisotopic (exact) mass is 325 g/mol. The van der Waals surface area contributed by atoms with Crippen LogP contribution in [0, 0.1) is 0 Å². The van der Waals surface area contributed by atoms with Gasteiger partial charge in [0.25, 0.3) is 0 Å². The molecule has 0 aliphatic rings. The molecule has 5 nitrogen and oxygen atoms in total. The molecule has 0 saturated heterocycles. The first kappa shape index (κ1) is 17.4. The van der Waals surface area contributed by atoms with Crippen molar-refractivity contribution in [2.45, 2.75) is 19.8 Å². The van der Waals surface area contributed by atoms with Gasteiger partial charge in [-0.2, -0.15) is 0 Å². The fourth-order valence-electron chi connectivity index (χ4n) is 1.95. The molecule has 5 heteroatoms. The van der Waals surface area contributed by atoms with Crippen LogP contribution in [0.15, 0.2) is 60.9 Å². The highest BCUT2D eigenvalue weighted by atomic mass is 16.5. The summed E-state index contributed by atoms with van der Waals surface area (Å²) in [5.41, 5.74) is 0.527. The van der Waals surface area contributed by atoms with Crippen LogP contribution in [0.3, 0.4) is 0 Å². The van der Waals surface area contributed by atoms with Crippen molar-refractivity contribution in [2.75, 3.05) is 6.61 Å². The van der Waals surface area contributed by atoms with E-state index in [2.05, 4.69) is 4.98 Å². The number of para-hydroxylation sites is 1. The SMILES string of the molecule is CCC=CCCOC(=O)c1ccccc1OC(=O)c1cccnc1. The Kier molecular flexibility index (Phi) is 6.71. The summed E-state index contributed by atoms with van der Waals surface area (Å²) in [6.07, 6.45) is 8.54. The molecule has 1 aromatic heterocycles. The quantitative estimate of drug-likeness (QED) is 0.335. The Bertz CT molecular complexity index is 710. The summed E-state index contributed by atoms with van der Waals surface area (Å²) in [5, 5.41) is 0. The van der Waals surface area contributed by atoms with Gasteiger partial charge in [-0.1, -0.05) is 31.2 Å². The molecule has 2 aromatic rings. The normalized spacial score (nSPS) is 10.5. The number of hydrogen-bond donors (Lipinski definition) is 0. The van der Waals surface area contributed by atoms with Gasteiger partial charge in [0.15, 0.2) is 0 Å². The topological polar surface area (TPSA) is 65.5 Å². The van der Waals surface area contributed by atoms with E-state index in [0.29, 0.717) is 12.0 Å². The first-order valence-electron chi connectivity index (χ1n) is 7.75. The van der Waals surface area contributed by atoms with Gasteiger partial charge in [-0.3, -0.25) is 4.98 Å². The van der Waals surface area contributed by atoms with Gasteiger partial charge in [0.1, 0.15) is 11.3 Å². The van der Waals surface area contributed by atoms with E-state index in [9.17, 15) is 9.59 Å². The van der Waals surface area contributed by atoms with Crippen molar-refractivity contribution >= 4 is 11.9 Å². The lowest BCUT2D eigenvalue weighted by Gasteiger charge is -2.09. The van der Waals surface area contributed by atoms with Gasteiger partial charge in [0.05, 0.1) is 12.2 Å². The van der Waals surface area contributed by atoms with E-state index in [1.165, 1.54) is 6.20 Å². The molecular weight excluding hydrogens is 306 g/mol. The number of pyridine rings is 1. The highest BCUT2D eigenvalue weighted by Crippen LogP contribution is 2.20. The highest BCUT2D eigenvalue weighted by Gasteiger charge is 2.17. The molecule has 0 radical (unpaired) electrons. The number of aromatic nitrogens is 1. The molecule has 24 heavy (non-hydrogen) atoms. The molecule has 0 amide bonds. The Hall–Kier alpha value is -2.95. The summed E-state index contributed by atoms with van der Waals surface area (Å²) < 4.78 is 10.5. The number of carbonyl (C=O) groups is 2. The van der Waals surface area contributed by atoms with Gasteiger partial charge in [-0.25, -0.2) is 9.59 Å². The summed E-state index contributed by atoms with van der Waals surface area (Å²) in [6, 6.07) is 9.73. The number of rotatable bonds is 7. The van der Waals surface area contributed by atoms with Crippen molar-refractivity contribution in [3.8, 4) is 5.75 Å². The van der Waals surface area contributed by atoms with Crippen molar-refractivity contribution in [3.05, 3.63) is 72.1 Å². The minimum absolute atomic E-state index is 0.167. The molecule has 0 aliphatic heterocycles. The van der Waals surface area contributed by atoms with Crippen molar-refractivity contribution in [2.24, 2.45) is 0 Å². The molecule has 2 rings (SSSR count). The van der Waals surface area contributed by atoms with Gasteiger partial charge in [-0.05, 0) is 37.1 Å². The molecule has 1 aromatic carbocycles. The molecule has 0 fully saturated rings. The van der Waals surface area contributed by atoms with E-state index >= 15 is 0 Å². The maximum Gasteiger partial charge on any atom is 0.345 e. The minimum atomic E-state index is -0.575. The summed E-state index contributed by atoms with van der Waals surface area (Å²) >= 11 is 0. The summed E-state index contributed by atoms with van der Waals surface area (Å²) in [4.78, 5) is 28.1. The van der Waals surface area contributed by atoms with Crippen molar-refractivity contribution in [3.63, 3.8) is 0 Å². The van der Waals surface area contributed by atoms with Crippen LogP contribution in [0.2, 0.25) is 0 Å². The number of carbonyl (C=O) groups excluding carboxylic acids is 2. The van der Waals surface area contributed by atoms with Crippen LogP contribution in [0.1, 0.15) is 40.5 Å². The van der Waals surface area contributed by atoms with Crippen molar-refractivity contribution in [1.82, 2.24) is 4.98 Å². The summed E-state index contributed by atoms with van der Waals surface area (Å²) in [6.45, 7) is 2.32. The number of ether oxygens (including phenoxy) is 2. The Labute approximate surface area is 140 Å². The molecule has 1 heterocycles. The lowest BCUT2D eigenvalue weighted by molar-refractivity contribution is 0.0506. The van der Waals surface area contributed by atoms with E-state index in [4.69, 9.17) is 9.47 Å². The summed E-state index contributed by atoms with van der Waals surface area (Å²) in [5.74, 6) is -0.927. The summed E-state index contributed by atoms with van der Waals surface area (Å²) in [7, 11) is 0. The van der Waals surface area contributed by atoms with Crippen LogP contribution < -0.4 is 4.74 Å². The predicted molar refractivity (Wildman–Crippen MR) is 90.0 cm³/mol. The number of allylic oxidation sites excluding steroid dienone is 1. The molecule has 0 aliphatic carbocycles. The van der Waals surface area contributed by atoms with Gasteiger partial charge in [-0.15, -0.1) is 0 Å². The first-order chi connectivity index (χ1) is 11.7. The largest absolute Gasteiger partial charge is 0.462 e. The van der Waals surface area contributed by atoms with Gasteiger partial charge < -0.3 is 9.47 Å². The highest BCUT2D eigenvalue weighted by molar-refractivity contribution is 5.96. The molecule has 124 valence electrons. The first-order valence-corrected chi connectivity index (χ1v) is 7.75. The zero-order valence-electron chi connectivity index (χ0n) is 13.5. The third kappa shape index (κ3) is 5.05. The van der Waals surface area contributed by atoms with Crippen LogP contribution in [0.4, 0.5) is 0 Å². The van der Waals surface area contributed by atoms with Crippen LogP contribution in [-0.2, 0) is 4.74 Å². The van der Waals surface area contributed by atoms with Crippen LogP contribution in [-0.4, -0.2) is 23.5 Å². The third-order valence-corrected chi connectivity index (χ3v) is 3.13. The molecule has 0 spiro atoms. The number of esters is 2. The maximum absolute atomic E-state index is 12.2. The molecular formula is C19H19NO4. The molecule has 0 unspecified atom stereocenters. The predicted octanol–water partition coefficient (Wildman–Crippen LogP) is 3.81. The zero-order valence-corrected chi connectivity index (χ0v) is 13.5. The second-order valence-corrected chi connectivity index (χ2v) is 4.93. The van der Waals surface area contributed by atoms with E-state index in [1.807, 2.05) is 19.1 Å². The lowest BCUT2D eigenvalue weighted by atomic mass is 10.2. The zero-order chi connectivity index (χ0) is 17.2. The standard InChI is InChI=1S/C19H19NO4/c1-2-3-4-7-13-23-19(22)16-10-5-6-11-17(16)24-18(21)15-9-8-12-20-14-15/h3-6,8-12,14H,2,7,13H2,1H3. The molecule has 0 N–H and O–H groups in total.